The highest BCUT2D eigenvalue weighted by atomic mass is 19.1. The quantitative estimate of drug-likeness (QED) is 0.426. The maximum atomic E-state index is 13.7. The third kappa shape index (κ3) is 4.87. The summed E-state index contributed by atoms with van der Waals surface area (Å²) in [4.78, 5) is 29.3. The van der Waals surface area contributed by atoms with Gasteiger partial charge in [-0.15, -0.1) is 0 Å². The molecular weight excluding hydrogens is 459 g/mol. The van der Waals surface area contributed by atoms with Crippen LogP contribution in [0.25, 0.3) is 0 Å². The number of nitrogens with zero attached hydrogens (tertiary/aromatic N) is 2. The van der Waals surface area contributed by atoms with Gasteiger partial charge in [0.1, 0.15) is 23.9 Å². The molecular formula is C29H31FN2O4. The van der Waals surface area contributed by atoms with Crippen LogP contribution in [0.15, 0.2) is 59.0 Å². The standard InChI is InChI=1S/C29H31FN2O4/c1-3-31(4-2)29(34)26-14-13-24(36-26)18-35-23-12-9-19-15-16-32(28(33)21-5-6-21)27(25(19)17-23)20-7-10-22(30)11-8-20/h7-14,17,21,27H,3-6,15-16,18H2,1-2H3/t27-/m0/s1. The number of rotatable bonds is 8. The zero-order valence-corrected chi connectivity index (χ0v) is 20.7. The molecule has 5 rings (SSSR count). The van der Waals surface area contributed by atoms with Gasteiger partial charge >= 0.3 is 0 Å². The van der Waals surface area contributed by atoms with Gasteiger partial charge in [0, 0.05) is 25.6 Å². The second-order valence-electron chi connectivity index (χ2n) is 9.40. The van der Waals surface area contributed by atoms with E-state index in [4.69, 9.17) is 9.15 Å². The monoisotopic (exact) mass is 490 g/mol. The molecule has 1 aliphatic carbocycles. The van der Waals surface area contributed by atoms with Gasteiger partial charge in [-0.3, -0.25) is 9.59 Å². The van der Waals surface area contributed by atoms with Gasteiger partial charge < -0.3 is 19.0 Å². The van der Waals surface area contributed by atoms with Crippen molar-refractivity contribution in [2.24, 2.45) is 5.92 Å². The molecule has 188 valence electrons. The summed E-state index contributed by atoms with van der Waals surface area (Å²) in [7, 11) is 0. The van der Waals surface area contributed by atoms with Gasteiger partial charge in [0.15, 0.2) is 5.76 Å². The van der Waals surface area contributed by atoms with Gasteiger partial charge in [-0.25, -0.2) is 4.39 Å². The normalized spacial score (nSPS) is 17.0. The third-order valence-electron chi connectivity index (χ3n) is 7.05. The molecule has 0 bridgehead atoms. The largest absolute Gasteiger partial charge is 0.486 e. The van der Waals surface area contributed by atoms with Gasteiger partial charge in [0.2, 0.25) is 5.91 Å². The van der Waals surface area contributed by atoms with E-state index in [-0.39, 0.29) is 36.2 Å². The Hall–Kier alpha value is -3.61. The lowest BCUT2D eigenvalue weighted by molar-refractivity contribution is -0.134. The van der Waals surface area contributed by atoms with E-state index in [0.29, 0.717) is 36.9 Å². The lowest BCUT2D eigenvalue weighted by atomic mass is 9.87. The molecule has 1 saturated carbocycles. The molecule has 6 nitrogen and oxygen atoms in total. The molecule has 0 spiro atoms. The van der Waals surface area contributed by atoms with Crippen LogP contribution in [0.2, 0.25) is 0 Å². The SMILES string of the molecule is CCN(CC)C(=O)c1ccc(COc2ccc3c(c2)[C@H](c2ccc(F)cc2)N(C(=O)C2CC2)CC3)o1. The first-order chi connectivity index (χ1) is 17.5. The van der Waals surface area contributed by atoms with E-state index in [9.17, 15) is 14.0 Å². The number of hydrogen-bond donors (Lipinski definition) is 0. The van der Waals surface area contributed by atoms with Crippen molar-refractivity contribution in [3.05, 3.63) is 88.6 Å². The van der Waals surface area contributed by atoms with E-state index in [1.165, 1.54) is 12.1 Å². The second kappa shape index (κ2) is 10.2. The molecule has 1 fully saturated rings. The number of halogens is 1. The first-order valence-electron chi connectivity index (χ1n) is 12.7. The summed E-state index contributed by atoms with van der Waals surface area (Å²) in [5.41, 5.74) is 3.03. The fourth-order valence-electron chi connectivity index (χ4n) is 4.88. The van der Waals surface area contributed by atoms with Crippen molar-refractivity contribution < 1.29 is 23.1 Å². The molecule has 7 heteroatoms. The molecule has 3 aromatic rings. The van der Waals surface area contributed by atoms with E-state index < -0.39 is 0 Å². The van der Waals surface area contributed by atoms with E-state index in [2.05, 4.69) is 0 Å². The van der Waals surface area contributed by atoms with E-state index in [0.717, 1.165) is 36.0 Å². The van der Waals surface area contributed by atoms with Gasteiger partial charge in [-0.2, -0.15) is 0 Å². The summed E-state index contributed by atoms with van der Waals surface area (Å²) in [5, 5.41) is 0. The minimum atomic E-state index is -0.302. The summed E-state index contributed by atoms with van der Waals surface area (Å²) >= 11 is 0. The van der Waals surface area contributed by atoms with E-state index in [1.807, 2.05) is 36.9 Å². The van der Waals surface area contributed by atoms with Crippen LogP contribution in [-0.4, -0.2) is 41.2 Å². The van der Waals surface area contributed by atoms with E-state index in [1.54, 1.807) is 29.2 Å². The number of carbonyl (C=O) groups is 2. The second-order valence-corrected chi connectivity index (χ2v) is 9.40. The van der Waals surface area contributed by atoms with Crippen molar-refractivity contribution in [3.63, 3.8) is 0 Å². The average Bonchev–Trinajstić information content (AvgIpc) is 3.64. The van der Waals surface area contributed by atoms with E-state index >= 15 is 0 Å². The van der Waals surface area contributed by atoms with Crippen molar-refractivity contribution in [1.29, 1.82) is 0 Å². The van der Waals surface area contributed by atoms with Crippen molar-refractivity contribution in [2.75, 3.05) is 19.6 Å². The third-order valence-corrected chi connectivity index (χ3v) is 7.05. The van der Waals surface area contributed by atoms with Crippen LogP contribution < -0.4 is 4.74 Å². The summed E-state index contributed by atoms with van der Waals surface area (Å²) in [5.74, 6) is 1.34. The lowest BCUT2D eigenvalue weighted by Gasteiger charge is -2.38. The Bertz CT molecular complexity index is 1240. The number of ether oxygens (including phenoxy) is 1. The summed E-state index contributed by atoms with van der Waals surface area (Å²) in [6, 6.07) is 15.5. The number of hydrogen-bond acceptors (Lipinski definition) is 4. The topological polar surface area (TPSA) is 63.0 Å². The maximum Gasteiger partial charge on any atom is 0.289 e. The fourth-order valence-corrected chi connectivity index (χ4v) is 4.88. The maximum absolute atomic E-state index is 13.7. The molecule has 0 radical (unpaired) electrons. The first-order valence-corrected chi connectivity index (χ1v) is 12.7. The van der Waals surface area contributed by atoms with Crippen molar-refractivity contribution in [2.45, 2.75) is 45.8 Å². The molecule has 2 amide bonds. The number of benzene rings is 2. The number of carbonyl (C=O) groups excluding carboxylic acids is 2. The predicted molar refractivity (Wildman–Crippen MR) is 133 cm³/mol. The predicted octanol–water partition coefficient (Wildman–Crippen LogP) is 5.36. The van der Waals surface area contributed by atoms with Crippen molar-refractivity contribution >= 4 is 11.8 Å². The smallest absolute Gasteiger partial charge is 0.289 e. The number of amides is 2. The molecule has 1 aliphatic heterocycles. The van der Waals surface area contributed by atoms with Crippen LogP contribution in [0, 0.1) is 11.7 Å². The molecule has 2 heterocycles. The van der Waals surface area contributed by atoms with Crippen LogP contribution in [-0.2, 0) is 17.8 Å². The summed E-state index contributed by atoms with van der Waals surface area (Å²) in [6.07, 6.45) is 2.63. The Morgan fingerprint density at radius 1 is 1.06 bits per heavy atom. The summed E-state index contributed by atoms with van der Waals surface area (Å²) in [6.45, 7) is 5.92. The first kappa shape index (κ1) is 24.1. The van der Waals surface area contributed by atoms with Crippen LogP contribution >= 0.6 is 0 Å². The van der Waals surface area contributed by atoms with Gasteiger partial charge in [0.05, 0.1) is 6.04 Å². The highest BCUT2D eigenvalue weighted by Gasteiger charge is 2.39. The molecule has 36 heavy (non-hydrogen) atoms. The highest BCUT2D eigenvalue weighted by Crippen LogP contribution is 2.41. The molecule has 2 aromatic carbocycles. The lowest BCUT2D eigenvalue weighted by Crippen LogP contribution is -2.41. The Morgan fingerprint density at radius 3 is 2.50 bits per heavy atom. The van der Waals surface area contributed by atoms with Crippen LogP contribution in [0.4, 0.5) is 4.39 Å². The summed E-state index contributed by atoms with van der Waals surface area (Å²) < 4.78 is 25.5. The minimum Gasteiger partial charge on any atom is -0.486 e. The average molecular weight is 491 g/mol. The van der Waals surface area contributed by atoms with Crippen molar-refractivity contribution in [1.82, 2.24) is 9.80 Å². The number of fused-ring (bicyclic) bond motifs is 1. The Kier molecular flexibility index (Phi) is 6.81. The minimum absolute atomic E-state index is 0.0983. The molecule has 1 atom stereocenters. The molecule has 1 aromatic heterocycles. The molecule has 0 saturated heterocycles. The zero-order valence-electron chi connectivity index (χ0n) is 20.7. The van der Waals surface area contributed by atoms with Crippen LogP contribution in [0.1, 0.15) is 65.7 Å². The van der Waals surface area contributed by atoms with Gasteiger partial charge in [-0.1, -0.05) is 18.2 Å². The zero-order chi connectivity index (χ0) is 25.2. The highest BCUT2D eigenvalue weighted by molar-refractivity contribution is 5.91. The van der Waals surface area contributed by atoms with Crippen LogP contribution in [0.3, 0.4) is 0 Å². The van der Waals surface area contributed by atoms with Crippen molar-refractivity contribution in [3.8, 4) is 5.75 Å². The van der Waals surface area contributed by atoms with Gasteiger partial charge in [-0.05, 0) is 86.2 Å². The Morgan fingerprint density at radius 2 is 1.81 bits per heavy atom. The molecule has 0 N–H and O–H groups in total. The molecule has 0 unspecified atom stereocenters. The fraction of sp³-hybridized carbons (Fsp3) is 0.379. The number of furan rings is 1. The Labute approximate surface area is 210 Å². The van der Waals surface area contributed by atoms with Crippen LogP contribution in [0.5, 0.6) is 5.75 Å². The van der Waals surface area contributed by atoms with Gasteiger partial charge in [0.25, 0.3) is 5.91 Å². The molecule has 2 aliphatic rings. The Balaban J connectivity index is 1.38.